The van der Waals surface area contributed by atoms with E-state index in [2.05, 4.69) is 10.5 Å². The van der Waals surface area contributed by atoms with Gasteiger partial charge in [0.25, 0.3) is 0 Å². The molecule has 134 valence electrons. The van der Waals surface area contributed by atoms with Gasteiger partial charge in [-0.25, -0.2) is 4.68 Å². The molecule has 0 fully saturated rings. The number of Topliss-reactive ketones (excluding diaryl/α,β-unsaturated/α-hetero) is 1. The number of rotatable bonds is 5. The maximum atomic E-state index is 12.5. The largest absolute Gasteiger partial charge is 0.366 e. The van der Waals surface area contributed by atoms with Crippen molar-refractivity contribution in [3.8, 4) is 0 Å². The van der Waals surface area contributed by atoms with Gasteiger partial charge >= 0.3 is 0 Å². The fraction of sp³-hybridized carbons (Fsp3) is 0.118. The molecule has 2 aromatic carbocycles. The van der Waals surface area contributed by atoms with Gasteiger partial charge in [0.1, 0.15) is 6.54 Å². The first-order chi connectivity index (χ1) is 12.3. The Morgan fingerprint density at radius 2 is 2.04 bits per heavy atom. The number of aromatic nitrogens is 3. The number of hydrogen-bond donors (Lipinski definition) is 2. The predicted octanol–water partition coefficient (Wildman–Crippen LogP) is 4.37. The van der Waals surface area contributed by atoms with Crippen LogP contribution in [0.2, 0.25) is 10.0 Å². The Kier molecular flexibility index (Phi) is 5.31. The molecule has 0 aliphatic heterocycles. The molecule has 0 atom stereocenters. The molecule has 6 nitrogen and oxygen atoms in total. The van der Waals surface area contributed by atoms with Crippen molar-refractivity contribution in [2.45, 2.75) is 13.5 Å². The molecule has 3 aromatic rings. The molecule has 0 amide bonds. The fourth-order valence-corrected chi connectivity index (χ4v) is 3.17. The number of nitrogens with two attached hydrogens (primary N) is 1. The van der Waals surface area contributed by atoms with Crippen LogP contribution in [0.1, 0.15) is 15.9 Å². The number of hydrogen-bond acceptors (Lipinski definition) is 5. The third-order valence-electron chi connectivity index (χ3n) is 3.65. The highest BCUT2D eigenvalue weighted by molar-refractivity contribution is 7.71. The van der Waals surface area contributed by atoms with Gasteiger partial charge in [-0.3, -0.25) is 10.2 Å². The van der Waals surface area contributed by atoms with Gasteiger partial charge in [-0.2, -0.15) is 4.68 Å². The summed E-state index contributed by atoms with van der Waals surface area (Å²) in [7, 11) is 0. The van der Waals surface area contributed by atoms with Gasteiger partial charge < -0.3 is 5.73 Å². The molecule has 0 aliphatic carbocycles. The van der Waals surface area contributed by atoms with Crippen LogP contribution < -0.4 is 11.2 Å². The van der Waals surface area contributed by atoms with Crippen LogP contribution in [0.4, 0.5) is 11.6 Å². The van der Waals surface area contributed by atoms with E-state index in [4.69, 9.17) is 41.2 Å². The Labute approximate surface area is 165 Å². The minimum absolute atomic E-state index is 0.0904. The Balaban J connectivity index is 1.86. The summed E-state index contributed by atoms with van der Waals surface area (Å²) in [6, 6.07) is 12.4. The lowest BCUT2D eigenvalue weighted by Gasteiger charge is -2.08. The number of ketones is 1. The summed E-state index contributed by atoms with van der Waals surface area (Å²) in [5.41, 5.74) is 11.3. The average Bonchev–Trinajstić information content (AvgIpc) is 2.82. The number of nitrogens with zero attached hydrogens (tertiary/aromatic N) is 3. The summed E-state index contributed by atoms with van der Waals surface area (Å²) in [5, 5.41) is 4.88. The number of carbonyl (C=O) groups excluding carboxylic acids is 1. The van der Waals surface area contributed by atoms with Crippen molar-refractivity contribution in [3.63, 3.8) is 0 Å². The molecule has 0 spiro atoms. The number of benzene rings is 2. The lowest BCUT2D eigenvalue weighted by molar-refractivity contribution is 0.0967. The van der Waals surface area contributed by atoms with Crippen LogP contribution in [0.5, 0.6) is 0 Å². The highest BCUT2D eigenvalue weighted by atomic mass is 35.5. The van der Waals surface area contributed by atoms with E-state index in [-0.39, 0.29) is 28.1 Å². The third kappa shape index (κ3) is 3.90. The van der Waals surface area contributed by atoms with Crippen LogP contribution in [0, 0.1) is 11.7 Å². The van der Waals surface area contributed by atoms with Crippen molar-refractivity contribution < 1.29 is 4.79 Å². The quantitative estimate of drug-likeness (QED) is 0.484. The van der Waals surface area contributed by atoms with Crippen molar-refractivity contribution in [1.29, 1.82) is 0 Å². The molecular weight excluding hydrogens is 393 g/mol. The van der Waals surface area contributed by atoms with Crippen LogP contribution in [-0.4, -0.2) is 20.2 Å². The second-order valence-corrected chi connectivity index (χ2v) is 6.87. The predicted molar refractivity (Wildman–Crippen MR) is 106 cm³/mol. The van der Waals surface area contributed by atoms with Gasteiger partial charge in [-0.15, -0.1) is 5.10 Å². The van der Waals surface area contributed by atoms with Crippen LogP contribution in [0.15, 0.2) is 42.5 Å². The topological polar surface area (TPSA) is 77.9 Å². The summed E-state index contributed by atoms with van der Waals surface area (Å²) >= 11 is 17.3. The molecule has 0 bridgehead atoms. The first kappa shape index (κ1) is 18.4. The second-order valence-electron chi connectivity index (χ2n) is 5.66. The summed E-state index contributed by atoms with van der Waals surface area (Å²) in [6.07, 6.45) is 0. The Hall–Kier alpha value is -2.35. The Morgan fingerprint density at radius 3 is 2.73 bits per heavy atom. The molecular formula is C17H15Cl2N5OS. The van der Waals surface area contributed by atoms with Crippen molar-refractivity contribution >= 4 is 52.8 Å². The van der Waals surface area contributed by atoms with Crippen molar-refractivity contribution in [2.24, 2.45) is 0 Å². The molecule has 0 saturated carbocycles. The van der Waals surface area contributed by atoms with E-state index in [0.717, 1.165) is 11.3 Å². The van der Waals surface area contributed by atoms with Crippen LogP contribution in [0.25, 0.3) is 0 Å². The van der Waals surface area contributed by atoms with Gasteiger partial charge in [-0.05, 0) is 55.0 Å². The standard InChI is InChI=1S/C17H15Cl2N5OS/c1-10-3-2-4-12(7-10)21-24-16(20)22-23(17(24)26)9-15(25)13-6-5-11(18)8-14(13)19/h2-8,21H,9H2,1H3,(H2,20,22). The third-order valence-corrected chi connectivity index (χ3v) is 4.59. The van der Waals surface area contributed by atoms with Crippen molar-refractivity contribution in [2.75, 3.05) is 11.2 Å². The molecule has 0 saturated heterocycles. The monoisotopic (exact) mass is 407 g/mol. The number of nitrogens with one attached hydrogen (secondary N) is 1. The van der Waals surface area contributed by atoms with E-state index in [9.17, 15) is 4.79 Å². The second kappa shape index (κ2) is 7.49. The summed E-state index contributed by atoms with van der Waals surface area (Å²) in [4.78, 5) is 12.5. The van der Waals surface area contributed by atoms with Crippen LogP contribution in [-0.2, 0) is 6.54 Å². The smallest absolute Gasteiger partial charge is 0.240 e. The van der Waals surface area contributed by atoms with Crippen LogP contribution in [0.3, 0.4) is 0 Å². The molecule has 0 radical (unpaired) electrons. The molecule has 1 aromatic heterocycles. The lowest BCUT2D eigenvalue weighted by Crippen LogP contribution is -2.15. The zero-order valence-electron chi connectivity index (χ0n) is 13.7. The zero-order chi connectivity index (χ0) is 18.8. The van der Waals surface area contributed by atoms with Gasteiger partial charge in [0, 0.05) is 10.6 Å². The van der Waals surface area contributed by atoms with Crippen molar-refractivity contribution in [1.82, 2.24) is 14.5 Å². The molecule has 0 unspecified atom stereocenters. The van der Waals surface area contributed by atoms with E-state index in [1.165, 1.54) is 15.4 Å². The Morgan fingerprint density at radius 1 is 1.27 bits per heavy atom. The highest BCUT2D eigenvalue weighted by Gasteiger charge is 2.15. The van der Waals surface area contributed by atoms with Crippen molar-refractivity contribution in [3.05, 3.63) is 68.4 Å². The highest BCUT2D eigenvalue weighted by Crippen LogP contribution is 2.22. The first-order valence-corrected chi connectivity index (χ1v) is 8.79. The summed E-state index contributed by atoms with van der Waals surface area (Å²) < 4.78 is 3.06. The molecule has 1 heterocycles. The number of nitrogen functional groups attached to an aromatic ring is 1. The minimum atomic E-state index is -0.247. The van der Waals surface area contributed by atoms with Gasteiger partial charge in [0.05, 0.1) is 10.7 Å². The fourth-order valence-electron chi connectivity index (χ4n) is 2.41. The average molecular weight is 408 g/mol. The lowest BCUT2D eigenvalue weighted by atomic mass is 10.1. The number of carbonyl (C=O) groups is 1. The zero-order valence-corrected chi connectivity index (χ0v) is 16.1. The number of aryl methyl sites for hydroxylation is 1. The summed E-state index contributed by atoms with van der Waals surface area (Å²) in [5.74, 6) is -0.102. The van der Waals surface area contributed by atoms with Crippen LogP contribution >= 0.6 is 35.4 Å². The van der Waals surface area contributed by atoms with Gasteiger partial charge in [0.15, 0.2) is 5.78 Å². The van der Waals surface area contributed by atoms with E-state index in [1.807, 2.05) is 31.2 Å². The normalized spacial score (nSPS) is 10.7. The van der Waals surface area contributed by atoms with E-state index in [0.29, 0.717) is 10.6 Å². The van der Waals surface area contributed by atoms with E-state index >= 15 is 0 Å². The minimum Gasteiger partial charge on any atom is -0.366 e. The molecule has 0 aliphatic rings. The maximum absolute atomic E-state index is 12.5. The van der Waals surface area contributed by atoms with E-state index < -0.39 is 0 Å². The molecule has 3 rings (SSSR count). The van der Waals surface area contributed by atoms with E-state index in [1.54, 1.807) is 12.1 Å². The SMILES string of the molecule is Cc1cccc(Nn2c(N)nn(CC(=O)c3ccc(Cl)cc3Cl)c2=S)c1. The van der Waals surface area contributed by atoms with Gasteiger partial charge in [0.2, 0.25) is 10.7 Å². The number of anilines is 2. The Bertz CT molecular complexity index is 1040. The number of halogens is 2. The molecule has 3 N–H and O–H groups in total. The van der Waals surface area contributed by atoms with Gasteiger partial charge in [-0.1, -0.05) is 35.3 Å². The maximum Gasteiger partial charge on any atom is 0.240 e. The molecule has 9 heteroatoms. The first-order valence-electron chi connectivity index (χ1n) is 7.62. The molecule has 26 heavy (non-hydrogen) atoms. The summed E-state index contributed by atoms with van der Waals surface area (Å²) in [6.45, 7) is 1.89.